The minimum absolute atomic E-state index is 0.263. The summed E-state index contributed by atoms with van der Waals surface area (Å²) in [6.45, 7) is 1.72. The van der Waals surface area contributed by atoms with Crippen molar-refractivity contribution in [2.24, 2.45) is 0 Å². The lowest BCUT2D eigenvalue weighted by atomic mass is 10.0. The molecule has 3 nitrogen and oxygen atoms in total. The molecule has 1 aromatic carbocycles. The third-order valence-corrected chi connectivity index (χ3v) is 3.46. The Labute approximate surface area is 106 Å². The summed E-state index contributed by atoms with van der Waals surface area (Å²) < 4.78 is 13.0. The van der Waals surface area contributed by atoms with Gasteiger partial charge in [-0.1, -0.05) is 12.1 Å². The zero-order chi connectivity index (χ0) is 13.0. The number of hydrogen-bond donors (Lipinski definition) is 1. The fourth-order valence-corrected chi connectivity index (χ4v) is 2.51. The van der Waals surface area contributed by atoms with Crippen LogP contribution in [-0.2, 0) is 11.2 Å². The lowest BCUT2D eigenvalue weighted by Crippen LogP contribution is -2.39. The van der Waals surface area contributed by atoms with E-state index < -0.39 is 12.0 Å². The topological polar surface area (TPSA) is 40.5 Å². The predicted octanol–water partition coefficient (Wildman–Crippen LogP) is 2.31. The molecule has 1 aromatic rings. The van der Waals surface area contributed by atoms with E-state index in [-0.39, 0.29) is 5.82 Å². The number of benzene rings is 1. The summed E-state index contributed by atoms with van der Waals surface area (Å²) in [6.07, 6.45) is 3.29. The second-order valence-electron chi connectivity index (χ2n) is 4.77. The lowest BCUT2D eigenvalue weighted by molar-refractivity contribution is -0.143. The fraction of sp³-hybridized carbons (Fsp3) is 0.500. The van der Waals surface area contributed by atoms with Crippen LogP contribution >= 0.6 is 0 Å². The molecule has 0 bridgehead atoms. The van der Waals surface area contributed by atoms with Gasteiger partial charge in [0.2, 0.25) is 0 Å². The zero-order valence-corrected chi connectivity index (χ0v) is 10.3. The first-order valence-corrected chi connectivity index (χ1v) is 6.38. The van der Waals surface area contributed by atoms with Gasteiger partial charge < -0.3 is 5.11 Å². The molecule has 1 N–H and O–H groups in total. The van der Waals surface area contributed by atoms with Gasteiger partial charge in [-0.25, -0.2) is 4.39 Å². The van der Waals surface area contributed by atoms with Gasteiger partial charge in [0.25, 0.3) is 0 Å². The van der Waals surface area contributed by atoms with Gasteiger partial charge in [0, 0.05) is 0 Å². The smallest absolute Gasteiger partial charge is 0.320 e. The average Bonchev–Trinajstić information content (AvgIpc) is 2.82. The van der Waals surface area contributed by atoms with Gasteiger partial charge in [-0.3, -0.25) is 9.69 Å². The van der Waals surface area contributed by atoms with Crippen LogP contribution in [0.3, 0.4) is 0 Å². The van der Waals surface area contributed by atoms with E-state index in [1.54, 1.807) is 6.07 Å². The van der Waals surface area contributed by atoms with Crippen LogP contribution in [0.15, 0.2) is 24.3 Å². The Kier molecular flexibility index (Phi) is 4.31. The van der Waals surface area contributed by atoms with E-state index in [0.29, 0.717) is 12.8 Å². The highest BCUT2D eigenvalue weighted by atomic mass is 19.1. The molecule has 18 heavy (non-hydrogen) atoms. The molecule has 1 atom stereocenters. The van der Waals surface area contributed by atoms with Crippen molar-refractivity contribution in [3.05, 3.63) is 35.6 Å². The number of carbonyl (C=O) groups is 1. The van der Waals surface area contributed by atoms with Crippen LogP contribution in [0.1, 0.15) is 24.8 Å². The summed E-state index contributed by atoms with van der Waals surface area (Å²) in [5.74, 6) is -1.03. The molecule has 0 aromatic heterocycles. The maximum Gasteiger partial charge on any atom is 0.320 e. The summed E-state index contributed by atoms with van der Waals surface area (Å²) in [7, 11) is 0. The van der Waals surface area contributed by atoms with E-state index in [1.165, 1.54) is 12.1 Å². The first kappa shape index (κ1) is 13.0. The van der Waals surface area contributed by atoms with E-state index in [9.17, 15) is 14.3 Å². The number of carboxylic acids is 1. The monoisotopic (exact) mass is 251 g/mol. The summed E-state index contributed by atoms with van der Waals surface area (Å²) in [5, 5.41) is 9.25. The van der Waals surface area contributed by atoms with E-state index in [1.807, 2.05) is 11.0 Å². The van der Waals surface area contributed by atoms with Gasteiger partial charge in [-0.2, -0.15) is 0 Å². The van der Waals surface area contributed by atoms with E-state index in [4.69, 9.17) is 0 Å². The van der Waals surface area contributed by atoms with Crippen molar-refractivity contribution in [2.45, 2.75) is 31.7 Å². The van der Waals surface area contributed by atoms with Crippen LogP contribution in [0.4, 0.5) is 4.39 Å². The Balaban J connectivity index is 1.95. The second-order valence-corrected chi connectivity index (χ2v) is 4.77. The Hall–Kier alpha value is -1.42. The van der Waals surface area contributed by atoms with Crippen LogP contribution in [-0.4, -0.2) is 35.1 Å². The molecule has 1 aliphatic heterocycles. The third kappa shape index (κ3) is 3.29. The van der Waals surface area contributed by atoms with E-state index >= 15 is 0 Å². The van der Waals surface area contributed by atoms with Gasteiger partial charge in [0.1, 0.15) is 11.9 Å². The van der Waals surface area contributed by atoms with Crippen LogP contribution in [0.2, 0.25) is 0 Å². The quantitative estimate of drug-likeness (QED) is 0.873. The maximum absolute atomic E-state index is 13.0. The second kappa shape index (κ2) is 5.96. The minimum atomic E-state index is -0.770. The minimum Gasteiger partial charge on any atom is -0.480 e. The van der Waals surface area contributed by atoms with E-state index in [2.05, 4.69) is 0 Å². The molecule has 1 fully saturated rings. The third-order valence-electron chi connectivity index (χ3n) is 3.46. The molecular formula is C14H18FNO2. The van der Waals surface area contributed by atoms with Crippen LogP contribution in [0.25, 0.3) is 0 Å². The molecule has 1 unspecified atom stereocenters. The number of carboxylic acid groups (broad SMARTS) is 1. The standard InChI is InChI=1S/C14H18FNO2/c15-12-5-3-4-11(10-12)6-7-13(14(17)18)16-8-1-2-9-16/h3-5,10,13H,1-2,6-9H2,(H,17,18). The SMILES string of the molecule is O=C(O)C(CCc1cccc(F)c1)N1CCCC1. The summed E-state index contributed by atoms with van der Waals surface area (Å²) in [6, 6.07) is 5.94. The molecule has 4 heteroatoms. The van der Waals surface area contributed by atoms with Crippen molar-refractivity contribution in [2.75, 3.05) is 13.1 Å². The molecule has 1 saturated heterocycles. The Morgan fingerprint density at radius 1 is 1.39 bits per heavy atom. The first-order valence-electron chi connectivity index (χ1n) is 6.38. The molecule has 0 saturated carbocycles. The van der Waals surface area contributed by atoms with Crippen LogP contribution < -0.4 is 0 Å². The highest BCUT2D eigenvalue weighted by Crippen LogP contribution is 2.17. The van der Waals surface area contributed by atoms with Crippen molar-refractivity contribution in [3.8, 4) is 0 Å². The fourth-order valence-electron chi connectivity index (χ4n) is 2.51. The van der Waals surface area contributed by atoms with Crippen molar-refractivity contribution in [1.82, 2.24) is 4.90 Å². The number of nitrogens with zero attached hydrogens (tertiary/aromatic N) is 1. The van der Waals surface area contributed by atoms with Gasteiger partial charge >= 0.3 is 5.97 Å². The van der Waals surface area contributed by atoms with Crippen LogP contribution in [0.5, 0.6) is 0 Å². The zero-order valence-electron chi connectivity index (χ0n) is 10.3. The molecule has 2 rings (SSSR count). The number of halogens is 1. The summed E-state index contributed by atoms with van der Waals surface area (Å²) in [4.78, 5) is 13.3. The molecule has 0 amide bonds. The Bertz CT molecular complexity index is 416. The summed E-state index contributed by atoms with van der Waals surface area (Å²) >= 11 is 0. The normalized spacial score (nSPS) is 17.8. The lowest BCUT2D eigenvalue weighted by Gasteiger charge is -2.23. The first-order chi connectivity index (χ1) is 8.66. The highest BCUT2D eigenvalue weighted by molar-refractivity contribution is 5.73. The number of likely N-dealkylation sites (tertiary alicyclic amines) is 1. The molecule has 1 aliphatic rings. The van der Waals surface area contributed by atoms with Gasteiger partial charge in [-0.05, 0) is 56.5 Å². The Morgan fingerprint density at radius 3 is 2.72 bits per heavy atom. The molecular weight excluding hydrogens is 233 g/mol. The van der Waals surface area contributed by atoms with Crippen molar-refractivity contribution >= 4 is 5.97 Å². The molecule has 0 radical (unpaired) electrons. The van der Waals surface area contributed by atoms with Gasteiger partial charge in [0.05, 0.1) is 0 Å². The number of hydrogen-bond acceptors (Lipinski definition) is 2. The van der Waals surface area contributed by atoms with Crippen molar-refractivity contribution in [1.29, 1.82) is 0 Å². The van der Waals surface area contributed by atoms with Gasteiger partial charge in [0.15, 0.2) is 0 Å². The molecule has 98 valence electrons. The van der Waals surface area contributed by atoms with Crippen LogP contribution in [0, 0.1) is 5.82 Å². The average molecular weight is 251 g/mol. The number of rotatable bonds is 5. The molecule has 0 aliphatic carbocycles. The van der Waals surface area contributed by atoms with E-state index in [0.717, 1.165) is 31.5 Å². The highest BCUT2D eigenvalue weighted by Gasteiger charge is 2.27. The summed E-state index contributed by atoms with van der Waals surface area (Å²) in [5.41, 5.74) is 0.862. The Morgan fingerprint density at radius 2 is 2.11 bits per heavy atom. The number of aliphatic carboxylic acids is 1. The van der Waals surface area contributed by atoms with Crippen molar-refractivity contribution in [3.63, 3.8) is 0 Å². The predicted molar refractivity (Wildman–Crippen MR) is 67.0 cm³/mol. The molecule has 1 heterocycles. The largest absolute Gasteiger partial charge is 0.480 e. The maximum atomic E-state index is 13.0. The van der Waals surface area contributed by atoms with Crippen molar-refractivity contribution < 1.29 is 14.3 Å². The number of aryl methyl sites for hydroxylation is 1. The van der Waals surface area contributed by atoms with Gasteiger partial charge in [-0.15, -0.1) is 0 Å². The molecule has 0 spiro atoms.